The number of hydrogen-bond acceptors (Lipinski definition) is 2. The normalized spacial score (nSPS) is 25.4. The van der Waals surface area contributed by atoms with Crippen LogP contribution in [0.5, 0.6) is 0 Å². The Bertz CT molecular complexity index is 348. The standard InChI is InChI=1S/C14H22N2/c1-11-8-13(10-15-9-11)16(3)14-7-5-4-6-12(14)2/h4-7,11,13,15H,8-10H2,1-3H3. The number of benzene rings is 1. The zero-order chi connectivity index (χ0) is 11.5. The summed E-state index contributed by atoms with van der Waals surface area (Å²) in [5, 5.41) is 3.51. The van der Waals surface area contributed by atoms with Crippen LogP contribution in [0.3, 0.4) is 0 Å². The number of rotatable bonds is 2. The summed E-state index contributed by atoms with van der Waals surface area (Å²) in [5.74, 6) is 0.783. The molecule has 1 N–H and O–H groups in total. The third-order valence-electron chi connectivity index (χ3n) is 3.59. The molecule has 1 aliphatic heterocycles. The first-order valence-electron chi connectivity index (χ1n) is 6.17. The average molecular weight is 218 g/mol. The molecule has 0 radical (unpaired) electrons. The molecule has 2 heteroatoms. The smallest absolute Gasteiger partial charge is 0.0414 e. The number of likely N-dealkylation sites (N-methyl/N-ethyl adjacent to an activating group) is 1. The van der Waals surface area contributed by atoms with Crippen molar-refractivity contribution in [2.75, 3.05) is 25.0 Å². The Kier molecular flexibility index (Phi) is 3.49. The van der Waals surface area contributed by atoms with Gasteiger partial charge in [0.25, 0.3) is 0 Å². The molecule has 0 aliphatic carbocycles. The van der Waals surface area contributed by atoms with Crippen LogP contribution in [0.4, 0.5) is 5.69 Å². The van der Waals surface area contributed by atoms with E-state index >= 15 is 0 Å². The topological polar surface area (TPSA) is 15.3 Å². The van der Waals surface area contributed by atoms with Crippen molar-refractivity contribution in [1.82, 2.24) is 5.32 Å². The van der Waals surface area contributed by atoms with Crippen molar-refractivity contribution in [3.63, 3.8) is 0 Å². The Morgan fingerprint density at radius 2 is 2.00 bits per heavy atom. The fraction of sp³-hybridized carbons (Fsp3) is 0.571. The van der Waals surface area contributed by atoms with Gasteiger partial charge in [0.05, 0.1) is 0 Å². The van der Waals surface area contributed by atoms with E-state index in [2.05, 4.69) is 55.4 Å². The van der Waals surface area contributed by atoms with Crippen LogP contribution >= 0.6 is 0 Å². The minimum atomic E-state index is 0.629. The van der Waals surface area contributed by atoms with Crippen molar-refractivity contribution in [2.24, 2.45) is 5.92 Å². The summed E-state index contributed by atoms with van der Waals surface area (Å²) < 4.78 is 0. The highest BCUT2D eigenvalue weighted by Crippen LogP contribution is 2.23. The van der Waals surface area contributed by atoms with E-state index in [-0.39, 0.29) is 0 Å². The van der Waals surface area contributed by atoms with Crippen molar-refractivity contribution < 1.29 is 0 Å². The van der Waals surface area contributed by atoms with Gasteiger partial charge in [0.1, 0.15) is 0 Å². The van der Waals surface area contributed by atoms with E-state index in [0.717, 1.165) is 19.0 Å². The second kappa shape index (κ2) is 4.88. The van der Waals surface area contributed by atoms with Crippen molar-refractivity contribution in [3.05, 3.63) is 29.8 Å². The minimum Gasteiger partial charge on any atom is -0.370 e. The second-order valence-electron chi connectivity index (χ2n) is 5.05. The largest absolute Gasteiger partial charge is 0.370 e. The maximum atomic E-state index is 3.51. The molecule has 0 amide bonds. The van der Waals surface area contributed by atoms with Gasteiger partial charge in [-0.2, -0.15) is 0 Å². The lowest BCUT2D eigenvalue weighted by Crippen LogP contribution is -2.47. The molecule has 0 bridgehead atoms. The van der Waals surface area contributed by atoms with Gasteiger partial charge in [-0.05, 0) is 37.4 Å². The van der Waals surface area contributed by atoms with Crippen LogP contribution in [0, 0.1) is 12.8 Å². The van der Waals surface area contributed by atoms with Gasteiger partial charge in [0, 0.05) is 25.3 Å². The van der Waals surface area contributed by atoms with Crippen molar-refractivity contribution in [2.45, 2.75) is 26.3 Å². The molecule has 1 aliphatic rings. The molecule has 1 saturated heterocycles. The lowest BCUT2D eigenvalue weighted by molar-refractivity contribution is 0.355. The van der Waals surface area contributed by atoms with Crippen LogP contribution in [0.15, 0.2) is 24.3 Å². The van der Waals surface area contributed by atoms with E-state index in [9.17, 15) is 0 Å². The van der Waals surface area contributed by atoms with Gasteiger partial charge in [0.15, 0.2) is 0 Å². The quantitative estimate of drug-likeness (QED) is 0.820. The first kappa shape index (κ1) is 11.5. The molecule has 0 spiro atoms. The zero-order valence-electron chi connectivity index (χ0n) is 10.5. The molecule has 2 unspecified atom stereocenters. The summed E-state index contributed by atoms with van der Waals surface area (Å²) in [6.45, 7) is 6.78. The Labute approximate surface area is 98.7 Å². The number of nitrogens with zero attached hydrogens (tertiary/aromatic N) is 1. The summed E-state index contributed by atoms with van der Waals surface area (Å²) >= 11 is 0. The maximum absolute atomic E-state index is 3.51. The molecule has 2 atom stereocenters. The Morgan fingerprint density at radius 3 is 2.69 bits per heavy atom. The van der Waals surface area contributed by atoms with Gasteiger partial charge in [-0.15, -0.1) is 0 Å². The van der Waals surface area contributed by atoms with Crippen LogP contribution in [-0.2, 0) is 0 Å². The highest BCUT2D eigenvalue weighted by molar-refractivity contribution is 5.53. The minimum absolute atomic E-state index is 0.629. The SMILES string of the molecule is Cc1ccccc1N(C)C1CNCC(C)C1. The third-order valence-corrected chi connectivity index (χ3v) is 3.59. The van der Waals surface area contributed by atoms with E-state index < -0.39 is 0 Å². The molecule has 0 saturated carbocycles. The van der Waals surface area contributed by atoms with Gasteiger partial charge in [-0.1, -0.05) is 25.1 Å². The van der Waals surface area contributed by atoms with E-state index in [1.165, 1.54) is 17.7 Å². The fourth-order valence-corrected chi connectivity index (χ4v) is 2.58. The van der Waals surface area contributed by atoms with E-state index in [1.807, 2.05) is 0 Å². The number of anilines is 1. The lowest BCUT2D eigenvalue weighted by atomic mass is 9.96. The molecular formula is C14H22N2. The first-order chi connectivity index (χ1) is 7.68. The van der Waals surface area contributed by atoms with Crippen molar-refractivity contribution in [3.8, 4) is 0 Å². The Balaban J connectivity index is 2.12. The molecule has 88 valence electrons. The van der Waals surface area contributed by atoms with Gasteiger partial charge < -0.3 is 10.2 Å². The summed E-state index contributed by atoms with van der Waals surface area (Å²) in [6.07, 6.45) is 1.29. The summed E-state index contributed by atoms with van der Waals surface area (Å²) in [4.78, 5) is 2.43. The van der Waals surface area contributed by atoms with E-state index in [0.29, 0.717) is 6.04 Å². The molecule has 1 fully saturated rings. The maximum Gasteiger partial charge on any atom is 0.0414 e. The highest BCUT2D eigenvalue weighted by Gasteiger charge is 2.22. The zero-order valence-corrected chi connectivity index (χ0v) is 10.5. The Hall–Kier alpha value is -1.02. The first-order valence-corrected chi connectivity index (χ1v) is 6.17. The molecule has 16 heavy (non-hydrogen) atoms. The lowest BCUT2D eigenvalue weighted by Gasteiger charge is -2.36. The predicted molar refractivity (Wildman–Crippen MR) is 70.0 cm³/mol. The van der Waals surface area contributed by atoms with E-state index in [1.54, 1.807) is 0 Å². The molecule has 1 aromatic carbocycles. The van der Waals surface area contributed by atoms with Crippen LogP contribution in [0.1, 0.15) is 18.9 Å². The number of aryl methyl sites for hydroxylation is 1. The van der Waals surface area contributed by atoms with Crippen molar-refractivity contribution >= 4 is 5.69 Å². The fourth-order valence-electron chi connectivity index (χ4n) is 2.58. The van der Waals surface area contributed by atoms with Crippen LogP contribution in [0.2, 0.25) is 0 Å². The molecule has 0 aromatic heterocycles. The van der Waals surface area contributed by atoms with Gasteiger partial charge >= 0.3 is 0 Å². The van der Waals surface area contributed by atoms with Crippen LogP contribution < -0.4 is 10.2 Å². The van der Waals surface area contributed by atoms with Crippen molar-refractivity contribution in [1.29, 1.82) is 0 Å². The molecule has 1 heterocycles. The second-order valence-corrected chi connectivity index (χ2v) is 5.05. The van der Waals surface area contributed by atoms with E-state index in [4.69, 9.17) is 0 Å². The van der Waals surface area contributed by atoms with Crippen LogP contribution in [-0.4, -0.2) is 26.2 Å². The highest BCUT2D eigenvalue weighted by atomic mass is 15.2. The monoisotopic (exact) mass is 218 g/mol. The molecule has 1 aromatic rings. The van der Waals surface area contributed by atoms with Gasteiger partial charge in [-0.3, -0.25) is 0 Å². The number of hydrogen-bond donors (Lipinski definition) is 1. The third kappa shape index (κ3) is 2.38. The number of para-hydroxylation sites is 1. The summed E-state index contributed by atoms with van der Waals surface area (Å²) in [6, 6.07) is 9.26. The average Bonchev–Trinajstić information content (AvgIpc) is 2.29. The molecule has 2 rings (SSSR count). The predicted octanol–water partition coefficient (Wildman–Crippen LogP) is 2.43. The summed E-state index contributed by atoms with van der Waals surface area (Å²) in [7, 11) is 2.22. The molecular weight excluding hydrogens is 196 g/mol. The summed E-state index contributed by atoms with van der Waals surface area (Å²) in [5.41, 5.74) is 2.73. The van der Waals surface area contributed by atoms with Gasteiger partial charge in [0.2, 0.25) is 0 Å². The number of piperidine rings is 1. The van der Waals surface area contributed by atoms with Crippen LogP contribution in [0.25, 0.3) is 0 Å². The molecule has 2 nitrogen and oxygen atoms in total. The Morgan fingerprint density at radius 1 is 1.25 bits per heavy atom. The number of nitrogens with one attached hydrogen (secondary N) is 1. The van der Waals surface area contributed by atoms with Gasteiger partial charge in [-0.25, -0.2) is 0 Å².